The van der Waals surface area contributed by atoms with Crippen LogP contribution in [0.5, 0.6) is 0 Å². The lowest BCUT2D eigenvalue weighted by Gasteiger charge is -2.11. The molecular formula is C12H9N3S. The molecule has 0 saturated carbocycles. The Hall–Kier alpha value is -1.73. The fourth-order valence-electron chi connectivity index (χ4n) is 1.97. The summed E-state index contributed by atoms with van der Waals surface area (Å²) in [6.07, 6.45) is 5.66. The summed E-state index contributed by atoms with van der Waals surface area (Å²) in [7, 11) is 0. The Morgan fingerprint density at radius 2 is 2.44 bits per heavy atom. The van der Waals surface area contributed by atoms with Gasteiger partial charge in [0.25, 0.3) is 0 Å². The Bertz CT molecular complexity index is 553. The third-order valence-electron chi connectivity index (χ3n) is 2.74. The summed E-state index contributed by atoms with van der Waals surface area (Å²) in [4.78, 5) is 4.14. The third kappa shape index (κ3) is 1.33. The average molecular weight is 227 g/mol. The minimum Gasteiger partial charge on any atom is -0.333 e. The van der Waals surface area contributed by atoms with Crippen molar-refractivity contribution in [1.82, 2.24) is 9.55 Å². The van der Waals surface area contributed by atoms with Gasteiger partial charge in [0.1, 0.15) is 11.4 Å². The number of hydrogen-bond donors (Lipinski definition) is 0. The van der Waals surface area contributed by atoms with Crippen molar-refractivity contribution in [2.45, 2.75) is 11.1 Å². The van der Waals surface area contributed by atoms with Crippen molar-refractivity contribution < 1.29 is 0 Å². The molecule has 0 spiro atoms. The Kier molecular flexibility index (Phi) is 2.19. The van der Waals surface area contributed by atoms with E-state index in [1.54, 1.807) is 6.20 Å². The Balaban J connectivity index is 2.05. The molecule has 0 bridgehead atoms. The first kappa shape index (κ1) is 9.49. The molecule has 0 aliphatic carbocycles. The zero-order chi connectivity index (χ0) is 11.0. The van der Waals surface area contributed by atoms with E-state index in [-0.39, 0.29) is 5.37 Å². The van der Waals surface area contributed by atoms with Crippen LogP contribution in [0.4, 0.5) is 0 Å². The van der Waals surface area contributed by atoms with Crippen LogP contribution in [-0.4, -0.2) is 9.55 Å². The molecule has 1 unspecified atom stereocenters. The van der Waals surface area contributed by atoms with Crippen LogP contribution in [0.2, 0.25) is 0 Å². The molecule has 1 aliphatic heterocycles. The first-order chi connectivity index (χ1) is 7.90. The lowest BCUT2D eigenvalue weighted by atomic mass is 10.2. The maximum Gasteiger partial charge on any atom is 0.106 e. The molecule has 4 heteroatoms. The van der Waals surface area contributed by atoms with Crippen LogP contribution in [0.15, 0.2) is 36.8 Å². The van der Waals surface area contributed by atoms with Crippen molar-refractivity contribution in [3.05, 3.63) is 53.6 Å². The first-order valence-electron chi connectivity index (χ1n) is 5.01. The fourth-order valence-corrected chi connectivity index (χ4v) is 3.28. The van der Waals surface area contributed by atoms with E-state index in [1.807, 2.05) is 36.3 Å². The minimum atomic E-state index is 0.269. The van der Waals surface area contributed by atoms with Crippen molar-refractivity contribution in [2.75, 3.05) is 0 Å². The van der Waals surface area contributed by atoms with Gasteiger partial charge in [-0.3, -0.25) is 4.98 Å². The van der Waals surface area contributed by atoms with Gasteiger partial charge in [0.15, 0.2) is 0 Å². The summed E-state index contributed by atoms with van der Waals surface area (Å²) < 4.78 is 2.17. The van der Waals surface area contributed by atoms with Gasteiger partial charge in [0.05, 0.1) is 5.56 Å². The van der Waals surface area contributed by atoms with Gasteiger partial charge in [0, 0.05) is 35.6 Å². The number of nitriles is 1. The molecule has 0 N–H and O–H groups in total. The van der Waals surface area contributed by atoms with Crippen LogP contribution in [0.3, 0.4) is 0 Å². The first-order valence-corrected chi connectivity index (χ1v) is 6.06. The Morgan fingerprint density at radius 1 is 1.50 bits per heavy atom. The summed E-state index contributed by atoms with van der Waals surface area (Å²) in [6.45, 7) is 0. The summed E-state index contributed by atoms with van der Waals surface area (Å²) in [5.41, 5.74) is 3.10. The second-order valence-electron chi connectivity index (χ2n) is 3.64. The molecule has 2 aromatic rings. The molecule has 3 nitrogen and oxygen atoms in total. The molecule has 0 aromatic carbocycles. The molecular weight excluding hydrogens is 218 g/mol. The average Bonchev–Trinajstić information content (AvgIpc) is 2.90. The molecule has 0 saturated heterocycles. The molecule has 1 atom stereocenters. The minimum absolute atomic E-state index is 0.269. The normalized spacial score (nSPS) is 18.1. The van der Waals surface area contributed by atoms with Crippen molar-refractivity contribution in [2.24, 2.45) is 0 Å². The Morgan fingerprint density at radius 3 is 3.19 bits per heavy atom. The second kappa shape index (κ2) is 3.69. The molecule has 0 radical (unpaired) electrons. The van der Waals surface area contributed by atoms with Crippen molar-refractivity contribution in [3.8, 4) is 6.07 Å². The van der Waals surface area contributed by atoms with Crippen molar-refractivity contribution in [3.63, 3.8) is 0 Å². The highest BCUT2D eigenvalue weighted by Crippen LogP contribution is 2.41. The summed E-state index contributed by atoms with van der Waals surface area (Å²) in [6, 6.07) is 8.14. The van der Waals surface area contributed by atoms with Crippen LogP contribution >= 0.6 is 11.8 Å². The molecule has 78 valence electrons. The maximum absolute atomic E-state index is 8.96. The number of nitrogens with zero attached hydrogens (tertiary/aromatic N) is 3. The fraction of sp³-hybridized carbons (Fsp3) is 0.167. The zero-order valence-electron chi connectivity index (χ0n) is 8.50. The highest BCUT2D eigenvalue weighted by Gasteiger charge is 2.25. The van der Waals surface area contributed by atoms with Gasteiger partial charge >= 0.3 is 0 Å². The topological polar surface area (TPSA) is 41.6 Å². The highest BCUT2D eigenvalue weighted by atomic mass is 32.2. The lowest BCUT2D eigenvalue weighted by molar-refractivity contribution is 0.776. The monoisotopic (exact) mass is 227 g/mol. The molecule has 16 heavy (non-hydrogen) atoms. The zero-order valence-corrected chi connectivity index (χ0v) is 9.31. The predicted molar refractivity (Wildman–Crippen MR) is 62.8 cm³/mol. The van der Waals surface area contributed by atoms with Gasteiger partial charge in [-0.1, -0.05) is 6.07 Å². The number of hydrogen-bond acceptors (Lipinski definition) is 3. The van der Waals surface area contributed by atoms with Crippen LogP contribution in [0.1, 0.15) is 22.2 Å². The van der Waals surface area contributed by atoms with Crippen LogP contribution < -0.4 is 0 Å². The standard InChI is InChI=1S/C12H9N3S/c13-6-9-3-5-15-11(9)8-16-12(15)10-2-1-4-14-7-10/h1-5,7,12H,8H2. The van der Waals surface area contributed by atoms with E-state index in [0.717, 1.165) is 17.0 Å². The van der Waals surface area contributed by atoms with E-state index in [0.29, 0.717) is 0 Å². The van der Waals surface area contributed by atoms with E-state index in [9.17, 15) is 0 Å². The van der Waals surface area contributed by atoms with Crippen molar-refractivity contribution >= 4 is 11.8 Å². The van der Waals surface area contributed by atoms with Gasteiger partial charge < -0.3 is 4.57 Å². The summed E-state index contributed by atoms with van der Waals surface area (Å²) in [5, 5.41) is 9.23. The largest absolute Gasteiger partial charge is 0.333 e. The molecule has 1 aliphatic rings. The molecule has 3 heterocycles. The second-order valence-corrected chi connectivity index (χ2v) is 4.71. The smallest absolute Gasteiger partial charge is 0.106 e. The molecule has 0 amide bonds. The number of rotatable bonds is 1. The SMILES string of the molecule is N#Cc1ccn2c1CSC2c1cccnc1. The van der Waals surface area contributed by atoms with Gasteiger partial charge in [-0.15, -0.1) is 11.8 Å². The number of thioether (sulfide) groups is 1. The molecule has 0 fully saturated rings. The molecule has 2 aromatic heterocycles. The summed E-state index contributed by atoms with van der Waals surface area (Å²) in [5.74, 6) is 0.898. The van der Waals surface area contributed by atoms with Gasteiger partial charge in [-0.2, -0.15) is 5.26 Å². The number of aromatic nitrogens is 2. The maximum atomic E-state index is 8.96. The number of fused-ring (bicyclic) bond motifs is 1. The van der Waals surface area contributed by atoms with Gasteiger partial charge in [-0.25, -0.2) is 0 Å². The quantitative estimate of drug-likeness (QED) is 0.751. The number of pyridine rings is 1. The van der Waals surface area contributed by atoms with Gasteiger partial charge in [0.2, 0.25) is 0 Å². The molecule has 3 rings (SSSR count). The van der Waals surface area contributed by atoms with Crippen LogP contribution in [0, 0.1) is 11.3 Å². The highest BCUT2D eigenvalue weighted by molar-refractivity contribution is 7.99. The lowest BCUT2D eigenvalue weighted by Crippen LogP contribution is -2.01. The van der Waals surface area contributed by atoms with Gasteiger partial charge in [-0.05, 0) is 12.1 Å². The Labute approximate surface area is 97.7 Å². The van der Waals surface area contributed by atoms with E-state index in [2.05, 4.69) is 21.7 Å². The third-order valence-corrected chi connectivity index (χ3v) is 4.00. The summed E-state index contributed by atoms with van der Waals surface area (Å²) >= 11 is 1.83. The van der Waals surface area contributed by atoms with Crippen LogP contribution in [-0.2, 0) is 5.75 Å². The van der Waals surface area contributed by atoms with Crippen molar-refractivity contribution in [1.29, 1.82) is 5.26 Å². The van der Waals surface area contributed by atoms with E-state index in [1.165, 1.54) is 5.56 Å². The van der Waals surface area contributed by atoms with Crippen LogP contribution in [0.25, 0.3) is 0 Å². The van der Waals surface area contributed by atoms with E-state index < -0.39 is 0 Å². The van der Waals surface area contributed by atoms with E-state index in [4.69, 9.17) is 5.26 Å². The van der Waals surface area contributed by atoms with E-state index >= 15 is 0 Å². The predicted octanol–water partition coefficient (Wildman–Crippen LogP) is 2.55.